The Balaban J connectivity index is 1.60. The van der Waals surface area contributed by atoms with Gasteiger partial charge in [0.1, 0.15) is 0 Å². The maximum absolute atomic E-state index is 11.9. The zero-order chi connectivity index (χ0) is 12.4. The van der Waals surface area contributed by atoms with E-state index in [1.807, 2.05) is 18.2 Å². The molecule has 1 amide bonds. The van der Waals surface area contributed by atoms with Crippen molar-refractivity contribution >= 4 is 5.91 Å². The fraction of sp³-hybridized carbons (Fsp3) is 0.500. The summed E-state index contributed by atoms with van der Waals surface area (Å²) in [6.07, 6.45) is 5.11. The summed E-state index contributed by atoms with van der Waals surface area (Å²) >= 11 is 0. The minimum atomic E-state index is 0.0979. The molecule has 2 aliphatic rings. The number of amides is 1. The van der Waals surface area contributed by atoms with Gasteiger partial charge in [-0.05, 0) is 30.5 Å². The predicted molar refractivity (Wildman–Crippen MR) is 66.7 cm³/mol. The van der Waals surface area contributed by atoms with Crippen LogP contribution in [0.4, 0.5) is 0 Å². The van der Waals surface area contributed by atoms with Gasteiger partial charge < -0.3 is 14.8 Å². The van der Waals surface area contributed by atoms with Crippen LogP contribution in [0.15, 0.2) is 18.2 Å². The van der Waals surface area contributed by atoms with Crippen molar-refractivity contribution in [2.45, 2.75) is 38.1 Å². The molecule has 1 aromatic carbocycles. The first-order chi connectivity index (χ1) is 8.81. The van der Waals surface area contributed by atoms with E-state index < -0.39 is 0 Å². The van der Waals surface area contributed by atoms with E-state index in [1.54, 1.807) is 0 Å². The van der Waals surface area contributed by atoms with Gasteiger partial charge in [0.05, 0.1) is 6.42 Å². The summed E-state index contributed by atoms with van der Waals surface area (Å²) in [4.78, 5) is 11.9. The lowest BCUT2D eigenvalue weighted by Gasteiger charge is -2.11. The molecule has 0 saturated heterocycles. The highest BCUT2D eigenvalue weighted by atomic mass is 16.7. The van der Waals surface area contributed by atoms with Crippen molar-refractivity contribution in [3.63, 3.8) is 0 Å². The van der Waals surface area contributed by atoms with Gasteiger partial charge in [0.25, 0.3) is 0 Å². The van der Waals surface area contributed by atoms with Crippen LogP contribution >= 0.6 is 0 Å². The van der Waals surface area contributed by atoms with Crippen molar-refractivity contribution in [1.29, 1.82) is 0 Å². The number of rotatable bonds is 3. The molecule has 1 fully saturated rings. The van der Waals surface area contributed by atoms with Crippen LogP contribution in [0.1, 0.15) is 31.2 Å². The molecule has 1 saturated carbocycles. The minimum absolute atomic E-state index is 0.0979. The third-order valence-corrected chi connectivity index (χ3v) is 3.52. The molecule has 1 aliphatic carbocycles. The molecule has 18 heavy (non-hydrogen) atoms. The first-order valence-corrected chi connectivity index (χ1v) is 6.49. The lowest BCUT2D eigenvalue weighted by Crippen LogP contribution is -2.33. The average molecular weight is 247 g/mol. The van der Waals surface area contributed by atoms with Gasteiger partial charge in [-0.3, -0.25) is 4.79 Å². The molecule has 0 atom stereocenters. The van der Waals surface area contributed by atoms with Gasteiger partial charge in [-0.15, -0.1) is 0 Å². The summed E-state index contributed by atoms with van der Waals surface area (Å²) in [5.41, 5.74) is 0.967. The number of hydrogen-bond donors (Lipinski definition) is 1. The Morgan fingerprint density at radius 1 is 1.22 bits per heavy atom. The number of ether oxygens (including phenoxy) is 2. The zero-order valence-electron chi connectivity index (χ0n) is 10.3. The highest BCUT2D eigenvalue weighted by molar-refractivity contribution is 5.79. The molecule has 4 nitrogen and oxygen atoms in total. The quantitative estimate of drug-likeness (QED) is 0.889. The molecular formula is C14H17NO3. The van der Waals surface area contributed by atoms with Gasteiger partial charge in [-0.1, -0.05) is 18.9 Å². The topological polar surface area (TPSA) is 47.6 Å². The van der Waals surface area contributed by atoms with Crippen molar-refractivity contribution in [3.05, 3.63) is 23.8 Å². The summed E-state index contributed by atoms with van der Waals surface area (Å²) in [7, 11) is 0. The fourth-order valence-electron chi connectivity index (χ4n) is 2.59. The molecule has 1 aromatic rings. The molecule has 0 unspecified atom stereocenters. The lowest BCUT2D eigenvalue weighted by molar-refractivity contribution is -0.121. The summed E-state index contributed by atoms with van der Waals surface area (Å²) in [6.45, 7) is 0.271. The monoisotopic (exact) mass is 247 g/mol. The van der Waals surface area contributed by atoms with Crippen LogP contribution < -0.4 is 14.8 Å². The van der Waals surface area contributed by atoms with Crippen LogP contribution in [0.3, 0.4) is 0 Å². The normalized spacial score (nSPS) is 18.0. The van der Waals surface area contributed by atoms with E-state index in [9.17, 15) is 4.79 Å². The van der Waals surface area contributed by atoms with Gasteiger partial charge in [0, 0.05) is 6.04 Å². The van der Waals surface area contributed by atoms with Crippen LogP contribution in [-0.2, 0) is 11.2 Å². The van der Waals surface area contributed by atoms with Crippen molar-refractivity contribution in [2.24, 2.45) is 0 Å². The van der Waals surface area contributed by atoms with Crippen molar-refractivity contribution in [2.75, 3.05) is 6.79 Å². The van der Waals surface area contributed by atoms with Gasteiger partial charge in [-0.25, -0.2) is 0 Å². The van der Waals surface area contributed by atoms with Crippen LogP contribution in [0.25, 0.3) is 0 Å². The Morgan fingerprint density at radius 2 is 2.00 bits per heavy atom. The van der Waals surface area contributed by atoms with Crippen molar-refractivity contribution in [1.82, 2.24) is 5.32 Å². The van der Waals surface area contributed by atoms with E-state index >= 15 is 0 Å². The lowest BCUT2D eigenvalue weighted by atomic mass is 10.1. The number of fused-ring (bicyclic) bond motifs is 1. The van der Waals surface area contributed by atoms with Crippen LogP contribution in [0, 0.1) is 0 Å². The van der Waals surface area contributed by atoms with Crippen molar-refractivity contribution < 1.29 is 14.3 Å². The standard InChI is InChI=1S/C14H17NO3/c16-14(15-11-3-1-2-4-11)8-10-5-6-12-13(7-10)18-9-17-12/h5-7,11H,1-4,8-9H2,(H,15,16). The van der Waals surface area contributed by atoms with Gasteiger partial charge >= 0.3 is 0 Å². The van der Waals surface area contributed by atoms with E-state index in [-0.39, 0.29) is 12.7 Å². The third kappa shape index (κ3) is 2.42. The number of carbonyl (C=O) groups excluding carboxylic acids is 1. The Labute approximate surface area is 106 Å². The summed E-state index contributed by atoms with van der Waals surface area (Å²) in [5, 5.41) is 3.08. The van der Waals surface area contributed by atoms with E-state index in [0.29, 0.717) is 12.5 Å². The molecule has 3 rings (SSSR count). The third-order valence-electron chi connectivity index (χ3n) is 3.52. The molecule has 4 heteroatoms. The fourth-order valence-corrected chi connectivity index (χ4v) is 2.59. The largest absolute Gasteiger partial charge is 0.454 e. The second-order valence-corrected chi connectivity index (χ2v) is 4.91. The molecule has 0 bridgehead atoms. The first-order valence-electron chi connectivity index (χ1n) is 6.49. The molecule has 1 aliphatic heterocycles. The van der Waals surface area contributed by atoms with Gasteiger partial charge in [-0.2, -0.15) is 0 Å². The first kappa shape index (κ1) is 11.4. The average Bonchev–Trinajstić information content (AvgIpc) is 2.98. The number of hydrogen-bond acceptors (Lipinski definition) is 3. The van der Waals surface area contributed by atoms with Gasteiger partial charge in [0.15, 0.2) is 11.5 Å². The second-order valence-electron chi connectivity index (χ2n) is 4.91. The summed E-state index contributed by atoms with van der Waals surface area (Å²) in [6, 6.07) is 6.05. The summed E-state index contributed by atoms with van der Waals surface area (Å²) in [5.74, 6) is 1.59. The van der Waals surface area contributed by atoms with E-state index in [0.717, 1.165) is 29.9 Å². The van der Waals surface area contributed by atoms with Crippen LogP contribution in [0.5, 0.6) is 11.5 Å². The van der Waals surface area contributed by atoms with E-state index in [2.05, 4.69) is 5.32 Å². The second kappa shape index (κ2) is 4.88. The van der Waals surface area contributed by atoms with Crippen LogP contribution in [0.2, 0.25) is 0 Å². The Kier molecular flexibility index (Phi) is 3.09. The van der Waals surface area contributed by atoms with E-state index in [1.165, 1.54) is 12.8 Å². The highest BCUT2D eigenvalue weighted by Gasteiger charge is 2.18. The Hall–Kier alpha value is -1.71. The van der Waals surface area contributed by atoms with E-state index in [4.69, 9.17) is 9.47 Å². The SMILES string of the molecule is O=C(Cc1ccc2c(c1)OCO2)NC1CCCC1. The zero-order valence-corrected chi connectivity index (χ0v) is 10.3. The molecule has 0 spiro atoms. The maximum Gasteiger partial charge on any atom is 0.231 e. The smallest absolute Gasteiger partial charge is 0.231 e. The maximum atomic E-state index is 11.9. The molecule has 1 heterocycles. The number of nitrogens with one attached hydrogen (secondary N) is 1. The molecular weight excluding hydrogens is 230 g/mol. The molecule has 0 radical (unpaired) electrons. The number of benzene rings is 1. The molecule has 0 aromatic heterocycles. The molecule has 1 N–H and O–H groups in total. The Bertz CT molecular complexity index is 452. The molecule has 96 valence electrons. The van der Waals surface area contributed by atoms with Crippen LogP contribution in [-0.4, -0.2) is 18.7 Å². The predicted octanol–water partition coefficient (Wildman–Crippen LogP) is 2.02. The summed E-state index contributed by atoms with van der Waals surface area (Å²) < 4.78 is 10.5. The van der Waals surface area contributed by atoms with Crippen molar-refractivity contribution in [3.8, 4) is 11.5 Å². The minimum Gasteiger partial charge on any atom is -0.454 e. The number of carbonyl (C=O) groups is 1. The van der Waals surface area contributed by atoms with Gasteiger partial charge in [0.2, 0.25) is 12.7 Å². The highest BCUT2D eigenvalue weighted by Crippen LogP contribution is 2.32. The Morgan fingerprint density at radius 3 is 2.83 bits per heavy atom.